The summed E-state index contributed by atoms with van der Waals surface area (Å²) < 4.78 is 5.82. The summed E-state index contributed by atoms with van der Waals surface area (Å²) in [5, 5.41) is 0.945. The molecule has 0 N–H and O–H groups in total. The molecule has 0 fully saturated rings. The van der Waals surface area contributed by atoms with Crippen molar-refractivity contribution in [2.24, 2.45) is 0 Å². The Morgan fingerprint density at radius 1 is 0.889 bits per heavy atom. The molecule has 0 unspecified atom stereocenters. The van der Waals surface area contributed by atoms with Gasteiger partial charge in [0, 0.05) is 5.39 Å². The Hall–Kier alpha value is -1.62. The summed E-state index contributed by atoms with van der Waals surface area (Å²) in [5.41, 5.74) is 2.61. The van der Waals surface area contributed by atoms with Gasteiger partial charge in [0.2, 0.25) is 0 Å². The molecule has 2 aromatic carbocycles. The highest BCUT2D eigenvalue weighted by molar-refractivity contribution is 14.1. The fourth-order valence-electron chi connectivity index (χ4n) is 1.91. The Bertz CT molecular complexity index is 760. The van der Waals surface area contributed by atoms with E-state index in [1.165, 1.54) is 0 Å². The van der Waals surface area contributed by atoms with Crippen LogP contribution in [-0.2, 0) is 0 Å². The monoisotopic (exact) mass is 348 g/mol. The maximum atomic E-state index is 11.4. The van der Waals surface area contributed by atoms with Gasteiger partial charge in [-0.3, -0.25) is 0 Å². The maximum Gasteiger partial charge on any atom is 0.349 e. The highest BCUT2D eigenvalue weighted by Crippen LogP contribution is 2.24. The zero-order valence-electron chi connectivity index (χ0n) is 9.39. The minimum Gasteiger partial charge on any atom is -0.422 e. The number of hydrogen-bond donors (Lipinski definition) is 0. The molecular formula is C15H9IO2. The summed E-state index contributed by atoms with van der Waals surface area (Å²) in [6.07, 6.45) is 0. The molecule has 2 nitrogen and oxygen atoms in total. The number of halogens is 1. The van der Waals surface area contributed by atoms with Crippen molar-refractivity contribution in [1.82, 2.24) is 0 Å². The van der Waals surface area contributed by atoms with E-state index in [9.17, 15) is 4.79 Å². The molecule has 18 heavy (non-hydrogen) atoms. The van der Waals surface area contributed by atoms with Crippen molar-refractivity contribution in [3.05, 3.63) is 68.6 Å². The van der Waals surface area contributed by atoms with E-state index >= 15 is 0 Å². The van der Waals surface area contributed by atoms with Gasteiger partial charge in [-0.05, 0) is 51.9 Å². The third kappa shape index (κ3) is 2.06. The second kappa shape index (κ2) is 4.57. The van der Waals surface area contributed by atoms with Crippen molar-refractivity contribution in [3.8, 4) is 11.1 Å². The van der Waals surface area contributed by atoms with Crippen LogP contribution in [0.15, 0.2) is 63.8 Å². The average molecular weight is 348 g/mol. The molecule has 1 heterocycles. The van der Waals surface area contributed by atoms with E-state index in [-0.39, 0.29) is 5.63 Å². The summed E-state index contributed by atoms with van der Waals surface area (Å²) in [7, 11) is 0. The van der Waals surface area contributed by atoms with Gasteiger partial charge in [-0.1, -0.05) is 36.4 Å². The molecule has 0 aliphatic heterocycles. The van der Waals surface area contributed by atoms with E-state index in [2.05, 4.69) is 12.1 Å². The summed E-state index contributed by atoms with van der Waals surface area (Å²) in [6.45, 7) is 0. The predicted molar refractivity (Wildman–Crippen MR) is 80.6 cm³/mol. The summed E-state index contributed by atoms with van der Waals surface area (Å²) in [5.74, 6) is 0. The molecule has 88 valence electrons. The van der Waals surface area contributed by atoms with Gasteiger partial charge in [-0.15, -0.1) is 0 Å². The normalized spacial score (nSPS) is 10.7. The Morgan fingerprint density at radius 2 is 1.67 bits per heavy atom. The standard InChI is InChI=1S/C15H9IO2/c16-13-9-12-8-11(10-4-2-1-3-5-10)6-7-14(12)18-15(13)17/h1-9H. The van der Waals surface area contributed by atoms with Crippen molar-refractivity contribution >= 4 is 33.6 Å². The number of hydrogen-bond acceptors (Lipinski definition) is 2. The van der Waals surface area contributed by atoms with Crippen LogP contribution >= 0.6 is 22.6 Å². The average Bonchev–Trinajstić information content (AvgIpc) is 2.41. The smallest absolute Gasteiger partial charge is 0.349 e. The molecule has 0 saturated heterocycles. The number of rotatable bonds is 1. The molecule has 0 spiro atoms. The molecule has 3 aromatic rings. The van der Waals surface area contributed by atoms with Crippen molar-refractivity contribution in [2.45, 2.75) is 0 Å². The van der Waals surface area contributed by atoms with Gasteiger partial charge in [0.1, 0.15) is 5.58 Å². The van der Waals surface area contributed by atoms with E-state index in [4.69, 9.17) is 4.42 Å². The van der Waals surface area contributed by atoms with Gasteiger partial charge in [0.05, 0.1) is 3.57 Å². The van der Waals surface area contributed by atoms with E-state index in [1.807, 2.05) is 65.1 Å². The van der Waals surface area contributed by atoms with Gasteiger partial charge in [0.25, 0.3) is 0 Å². The lowest BCUT2D eigenvalue weighted by Crippen LogP contribution is -2.01. The maximum absolute atomic E-state index is 11.4. The van der Waals surface area contributed by atoms with Crippen LogP contribution in [0.4, 0.5) is 0 Å². The van der Waals surface area contributed by atoms with Crippen molar-refractivity contribution in [2.75, 3.05) is 0 Å². The van der Waals surface area contributed by atoms with Gasteiger partial charge in [-0.25, -0.2) is 4.79 Å². The topological polar surface area (TPSA) is 30.2 Å². The van der Waals surface area contributed by atoms with Gasteiger partial charge < -0.3 is 4.42 Å². The SMILES string of the molecule is O=c1oc2ccc(-c3ccccc3)cc2cc1I. The van der Waals surface area contributed by atoms with Crippen LogP contribution in [-0.4, -0.2) is 0 Å². The molecule has 0 aliphatic carbocycles. The van der Waals surface area contributed by atoms with Crippen LogP contribution < -0.4 is 5.63 Å². The third-order valence-corrected chi connectivity index (χ3v) is 3.55. The quantitative estimate of drug-likeness (QED) is 0.490. The third-order valence-electron chi connectivity index (χ3n) is 2.80. The van der Waals surface area contributed by atoms with Gasteiger partial charge in [-0.2, -0.15) is 0 Å². The van der Waals surface area contributed by atoms with Crippen LogP contribution in [0.3, 0.4) is 0 Å². The second-order valence-corrected chi connectivity index (χ2v) is 5.16. The molecule has 0 amide bonds. The molecular weight excluding hydrogens is 339 g/mol. The Kier molecular flexibility index (Phi) is 2.91. The summed E-state index contributed by atoms with van der Waals surface area (Å²) >= 11 is 1.99. The highest BCUT2D eigenvalue weighted by atomic mass is 127. The first-order valence-corrected chi connectivity index (χ1v) is 6.61. The highest BCUT2D eigenvalue weighted by Gasteiger charge is 2.04. The molecule has 0 aliphatic rings. The molecule has 0 bridgehead atoms. The first-order valence-electron chi connectivity index (χ1n) is 5.53. The fraction of sp³-hybridized carbons (Fsp3) is 0. The Balaban J connectivity index is 2.23. The lowest BCUT2D eigenvalue weighted by Gasteiger charge is -2.03. The minimum absolute atomic E-state index is 0.282. The van der Waals surface area contributed by atoms with E-state index in [0.29, 0.717) is 9.15 Å². The minimum atomic E-state index is -0.282. The molecule has 1 aromatic heterocycles. The largest absolute Gasteiger partial charge is 0.422 e. The Labute approximate surface area is 117 Å². The lowest BCUT2D eigenvalue weighted by molar-refractivity contribution is 0.556. The number of fused-ring (bicyclic) bond motifs is 1. The van der Waals surface area contributed by atoms with Crippen molar-refractivity contribution < 1.29 is 4.42 Å². The molecule has 0 saturated carbocycles. The lowest BCUT2D eigenvalue weighted by atomic mass is 10.0. The van der Waals surface area contributed by atoms with Crippen LogP contribution in [0.2, 0.25) is 0 Å². The van der Waals surface area contributed by atoms with Crippen LogP contribution in [0.1, 0.15) is 0 Å². The van der Waals surface area contributed by atoms with E-state index in [1.54, 1.807) is 0 Å². The molecule has 0 atom stereocenters. The zero-order chi connectivity index (χ0) is 12.5. The predicted octanol–water partition coefficient (Wildman–Crippen LogP) is 4.06. The molecule has 0 radical (unpaired) electrons. The van der Waals surface area contributed by atoms with E-state index in [0.717, 1.165) is 16.5 Å². The van der Waals surface area contributed by atoms with Crippen molar-refractivity contribution in [3.63, 3.8) is 0 Å². The first kappa shape index (κ1) is 11.5. The fourth-order valence-corrected chi connectivity index (χ4v) is 2.35. The van der Waals surface area contributed by atoms with Crippen LogP contribution in [0.5, 0.6) is 0 Å². The summed E-state index contributed by atoms with van der Waals surface area (Å²) in [6, 6.07) is 17.8. The summed E-state index contributed by atoms with van der Waals surface area (Å²) in [4.78, 5) is 11.4. The van der Waals surface area contributed by atoms with Gasteiger partial charge >= 0.3 is 5.63 Å². The zero-order valence-corrected chi connectivity index (χ0v) is 11.5. The molecule has 3 heteroatoms. The van der Waals surface area contributed by atoms with Crippen LogP contribution in [0.25, 0.3) is 22.1 Å². The first-order chi connectivity index (χ1) is 8.74. The second-order valence-electron chi connectivity index (χ2n) is 4.00. The van der Waals surface area contributed by atoms with E-state index < -0.39 is 0 Å². The van der Waals surface area contributed by atoms with Crippen molar-refractivity contribution in [1.29, 1.82) is 0 Å². The number of benzene rings is 2. The van der Waals surface area contributed by atoms with Gasteiger partial charge in [0.15, 0.2) is 0 Å². The Morgan fingerprint density at radius 3 is 2.44 bits per heavy atom. The molecule has 3 rings (SSSR count). The van der Waals surface area contributed by atoms with Crippen LogP contribution in [0, 0.1) is 3.57 Å².